The van der Waals surface area contributed by atoms with Crippen molar-refractivity contribution in [1.82, 2.24) is 5.32 Å². The summed E-state index contributed by atoms with van der Waals surface area (Å²) in [6.45, 7) is 4.09. The van der Waals surface area contributed by atoms with Crippen LogP contribution in [0.4, 0.5) is 0 Å². The van der Waals surface area contributed by atoms with Crippen LogP contribution in [0.3, 0.4) is 0 Å². The van der Waals surface area contributed by atoms with E-state index in [-0.39, 0.29) is 31.3 Å². The Bertz CT molecular complexity index is 1110. The van der Waals surface area contributed by atoms with Gasteiger partial charge < -0.3 is 26.3 Å². The van der Waals surface area contributed by atoms with E-state index in [0.29, 0.717) is 19.4 Å². The Hall–Kier alpha value is -4.14. The van der Waals surface area contributed by atoms with E-state index in [1.54, 1.807) is 0 Å². The van der Waals surface area contributed by atoms with Crippen molar-refractivity contribution in [2.75, 3.05) is 20.3 Å². The van der Waals surface area contributed by atoms with Crippen molar-refractivity contribution in [3.63, 3.8) is 0 Å². The summed E-state index contributed by atoms with van der Waals surface area (Å²) in [6.07, 6.45) is 2.36. The van der Waals surface area contributed by atoms with Gasteiger partial charge in [0.15, 0.2) is 5.96 Å². The second kappa shape index (κ2) is 13.2. The molecule has 0 aromatic heterocycles. The first-order valence-electron chi connectivity index (χ1n) is 12.2. The number of ether oxygens (including phenoxy) is 2. The van der Waals surface area contributed by atoms with Crippen LogP contribution in [-0.2, 0) is 23.9 Å². The van der Waals surface area contributed by atoms with Crippen molar-refractivity contribution in [3.05, 3.63) is 72.3 Å². The number of carbonyl (C=O) groups is 3. The van der Waals surface area contributed by atoms with Crippen LogP contribution in [-0.4, -0.2) is 50.1 Å². The number of nitrogens with two attached hydrogens (primary N) is 2. The van der Waals surface area contributed by atoms with Gasteiger partial charge in [-0.05, 0) is 41.5 Å². The SMILES string of the molecule is C=CC[C@@H](NC(=O)[C@@H](CCCN=C(N)N)CC(=O)OCC1c2ccccc2-c2ccccc21)C(=O)OC. The van der Waals surface area contributed by atoms with E-state index in [1.807, 2.05) is 36.4 Å². The second-order valence-electron chi connectivity index (χ2n) is 8.87. The monoisotopic (exact) mass is 506 g/mol. The van der Waals surface area contributed by atoms with Crippen LogP contribution in [0.15, 0.2) is 66.2 Å². The fourth-order valence-corrected chi connectivity index (χ4v) is 4.56. The zero-order valence-electron chi connectivity index (χ0n) is 21.0. The molecule has 3 rings (SSSR count). The van der Waals surface area contributed by atoms with Gasteiger partial charge in [0.25, 0.3) is 0 Å². The van der Waals surface area contributed by atoms with Crippen molar-refractivity contribution >= 4 is 23.8 Å². The van der Waals surface area contributed by atoms with Crippen LogP contribution >= 0.6 is 0 Å². The summed E-state index contributed by atoms with van der Waals surface area (Å²) >= 11 is 0. The first-order valence-corrected chi connectivity index (χ1v) is 12.2. The Kier molecular flexibility index (Phi) is 9.83. The van der Waals surface area contributed by atoms with E-state index in [0.717, 1.165) is 22.3 Å². The number of fused-ring (bicyclic) bond motifs is 3. The topological polar surface area (TPSA) is 146 Å². The number of aliphatic imine (C=N–C) groups is 1. The van der Waals surface area contributed by atoms with Gasteiger partial charge in [0.1, 0.15) is 12.6 Å². The predicted octanol–water partition coefficient (Wildman–Crippen LogP) is 2.64. The highest BCUT2D eigenvalue weighted by Gasteiger charge is 2.31. The highest BCUT2D eigenvalue weighted by atomic mass is 16.5. The van der Waals surface area contributed by atoms with Gasteiger partial charge in [-0.3, -0.25) is 14.6 Å². The van der Waals surface area contributed by atoms with Crippen molar-refractivity contribution in [2.24, 2.45) is 22.4 Å². The van der Waals surface area contributed by atoms with Gasteiger partial charge in [0.2, 0.25) is 5.91 Å². The molecule has 2 aromatic carbocycles. The fourth-order valence-electron chi connectivity index (χ4n) is 4.56. The molecule has 0 fully saturated rings. The van der Waals surface area contributed by atoms with Gasteiger partial charge in [-0.25, -0.2) is 4.79 Å². The molecule has 196 valence electrons. The molecule has 0 radical (unpaired) electrons. The number of hydrogen-bond acceptors (Lipinski definition) is 6. The van der Waals surface area contributed by atoms with Gasteiger partial charge >= 0.3 is 11.9 Å². The summed E-state index contributed by atoms with van der Waals surface area (Å²) in [4.78, 5) is 41.9. The van der Waals surface area contributed by atoms with Gasteiger partial charge in [0.05, 0.1) is 13.5 Å². The lowest BCUT2D eigenvalue weighted by Gasteiger charge is -2.21. The van der Waals surface area contributed by atoms with Crippen LogP contribution in [0.25, 0.3) is 11.1 Å². The minimum atomic E-state index is -0.891. The molecule has 0 heterocycles. The largest absolute Gasteiger partial charge is 0.467 e. The van der Waals surface area contributed by atoms with E-state index in [4.69, 9.17) is 20.9 Å². The maximum atomic E-state index is 13.1. The van der Waals surface area contributed by atoms with E-state index in [1.165, 1.54) is 13.2 Å². The highest BCUT2D eigenvalue weighted by Crippen LogP contribution is 2.44. The smallest absolute Gasteiger partial charge is 0.328 e. The lowest BCUT2D eigenvalue weighted by Crippen LogP contribution is -2.44. The van der Waals surface area contributed by atoms with Crippen LogP contribution in [0.1, 0.15) is 42.7 Å². The van der Waals surface area contributed by atoms with E-state index >= 15 is 0 Å². The number of guanidine groups is 1. The molecule has 0 unspecified atom stereocenters. The first-order chi connectivity index (χ1) is 17.8. The third kappa shape index (κ3) is 7.19. The summed E-state index contributed by atoms with van der Waals surface area (Å²) < 4.78 is 10.5. The molecule has 1 amide bonds. The van der Waals surface area contributed by atoms with Gasteiger partial charge in [0, 0.05) is 18.4 Å². The predicted molar refractivity (Wildman–Crippen MR) is 141 cm³/mol. The minimum Gasteiger partial charge on any atom is -0.467 e. The molecule has 1 aliphatic rings. The minimum absolute atomic E-state index is 0.0470. The number of nitrogens with one attached hydrogen (secondary N) is 1. The molecule has 9 nitrogen and oxygen atoms in total. The molecule has 0 aliphatic heterocycles. The molecule has 0 bridgehead atoms. The standard InChI is InChI=1S/C28H34N4O5/c1-3-9-24(27(35)36-2)32-26(34)18(10-8-15-31-28(29)30)16-25(33)37-17-23-21-13-6-4-11-19(21)20-12-5-7-14-22(20)23/h3-7,11-14,18,23-24H,1,8-10,15-17H2,2H3,(H,32,34)(H4,29,30,31)/t18-,24+/m0/s1. The lowest BCUT2D eigenvalue weighted by molar-refractivity contribution is -0.148. The average Bonchev–Trinajstić information content (AvgIpc) is 3.22. The molecular formula is C28H34N4O5. The fraction of sp³-hybridized carbons (Fsp3) is 0.357. The molecule has 5 N–H and O–H groups in total. The first kappa shape index (κ1) is 27.4. The number of benzene rings is 2. The number of esters is 2. The van der Waals surface area contributed by atoms with Crippen LogP contribution in [0.5, 0.6) is 0 Å². The third-order valence-electron chi connectivity index (χ3n) is 6.37. The molecule has 0 spiro atoms. The number of amides is 1. The Morgan fingerprint density at radius 2 is 1.70 bits per heavy atom. The zero-order valence-corrected chi connectivity index (χ0v) is 21.0. The number of nitrogens with zero attached hydrogens (tertiary/aromatic N) is 1. The molecule has 0 saturated heterocycles. The van der Waals surface area contributed by atoms with Crippen molar-refractivity contribution in [2.45, 2.75) is 37.6 Å². The van der Waals surface area contributed by atoms with Crippen LogP contribution < -0.4 is 16.8 Å². The Morgan fingerprint density at radius 3 is 2.27 bits per heavy atom. The summed E-state index contributed by atoms with van der Waals surface area (Å²) in [7, 11) is 1.24. The van der Waals surface area contributed by atoms with Crippen molar-refractivity contribution in [1.29, 1.82) is 0 Å². The van der Waals surface area contributed by atoms with E-state index in [2.05, 4.69) is 29.0 Å². The van der Waals surface area contributed by atoms with Gasteiger partial charge in [-0.1, -0.05) is 54.6 Å². The molecule has 37 heavy (non-hydrogen) atoms. The summed E-state index contributed by atoms with van der Waals surface area (Å²) in [6, 6.07) is 15.2. The Balaban J connectivity index is 1.67. The van der Waals surface area contributed by atoms with E-state index in [9.17, 15) is 14.4 Å². The average molecular weight is 507 g/mol. The van der Waals surface area contributed by atoms with Gasteiger partial charge in [-0.2, -0.15) is 0 Å². The number of hydrogen-bond donors (Lipinski definition) is 3. The van der Waals surface area contributed by atoms with Crippen molar-refractivity contribution < 1.29 is 23.9 Å². The summed E-state index contributed by atoms with van der Waals surface area (Å²) in [5, 5.41) is 2.67. The summed E-state index contributed by atoms with van der Waals surface area (Å²) in [5.41, 5.74) is 15.2. The molecule has 0 saturated carbocycles. The second-order valence-corrected chi connectivity index (χ2v) is 8.87. The lowest BCUT2D eigenvalue weighted by atomic mass is 9.97. The number of methoxy groups -OCH3 is 1. The maximum absolute atomic E-state index is 13.1. The zero-order chi connectivity index (χ0) is 26.8. The molecular weight excluding hydrogens is 472 g/mol. The van der Waals surface area contributed by atoms with Crippen LogP contribution in [0, 0.1) is 5.92 Å². The number of carbonyl (C=O) groups excluding carboxylic acids is 3. The quantitative estimate of drug-likeness (QED) is 0.124. The molecule has 2 atom stereocenters. The van der Waals surface area contributed by atoms with Gasteiger partial charge in [-0.15, -0.1) is 6.58 Å². The third-order valence-corrected chi connectivity index (χ3v) is 6.37. The number of rotatable bonds is 13. The van der Waals surface area contributed by atoms with Crippen LogP contribution in [0.2, 0.25) is 0 Å². The maximum Gasteiger partial charge on any atom is 0.328 e. The normalized spacial score (nSPS) is 13.4. The van der Waals surface area contributed by atoms with E-state index < -0.39 is 29.8 Å². The Labute approximate surface area is 216 Å². The molecule has 2 aromatic rings. The highest BCUT2D eigenvalue weighted by molar-refractivity contribution is 5.88. The molecule has 1 aliphatic carbocycles. The molecule has 9 heteroatoms. The van der Waals surface area contributed by atoms with Crippen molar-refractivity contribution in [3.8, 4) is 11.1 Å². The Morgan fingerprint density at radius 1 is 1.08 bits per heavy atom. The summed E-state index contributed by atoms with van der Waals surface area (Å²) in [5.74, 6) is -2.40.